The van der Waals surface area contributed by atoms with Gasteiger partial charge in [0.1, 0.15) is 6.04 Å². The molecule has 0 saturated carbocycles. The maximum Gasteiger partial charge on any atom is 0.328 e. The van der Waals surface area contributed by atoms with Crippen molar-refractivity contribution in [2.45, 2.75) is 33.2 Å². The van der Waals surface area contributed by atoms with Gasteiger partial charge in [-0.3, -0.25) is 9.59 Å². The minimum atomic E-state index is -0.929. The number of ether oxygens (including phenoxy) is 1. The molecule has 3 aromatic carbocycles. The molecule has 0 saturated heterocycles. The fraction of sp³-hybridized carbons (Fsp3) is 0.250. The van der Waals surface area contributed by atoms with E-state index in [1.807, 2.05) is 26.8 Å². The number of halogens is 1. The van der Waals surface area contributed by atoms with Gasteiger partial charge in [0, 0.05) is 19.2 Å². The number of carbonyl (C=O) groups is 3. The van der Waals surface area contributed by atoms with Crippen molar-refractivity contribution in [2.75, 3.05) is 19.5 Å². The standard InChI is InChI=1S/C26H26ClN3O5.C2H6/c1-16-7-6-9-20(27)23(16)25(32)29-18-13-11-17(12-14-18)15-21(26(33)34-3)30-24(31)19-8-4-5-10-22(19)35-28-2;1-2/h4-14,21,28H,15H2,1-3H3,(H,29,32)(H,30,31);1-2H3. The van der Waals surface area contributed by atoms with E-state index in [4.69, 9.17) is 21.2 Å². The molecule has 3 N–H and O–H groups in total. The van der Waals surface area contributed by atoms with Crippen LogP contribution in [0.5, 0.6) is 5.75 Å². The van der Waals surface area contributed by atoms with Gasteiger partial charge in [0.05, 0.1) is 23.3 Å². The number of nitrogens with one attached hydrogen (secondary N) is 3. The number of para-hydroxylation sites is 1. The van der Waals surface area contributed by atoms with Crippen molar-refractivity contribution in [2.24, 2.45) is 0 Å². The molecule has 8 nitrogen and oxygen atoms in total. The van der Waals surface area contributed by atoms with Crippen LogP contribution in [0.1, 0.15) is 45.7 Å². The lowest BCUT2D eigenvalue weighted by molar-refractivity contribution is -0.142. The zero-order valence-corrected chi connectivity index (χ0v) is 22.3. The highest BCUT2D eigenvalue weighted by atomic mass is 35.5. The number of aryl methyl sites for hydroxylation is 1. The van der Waals surface area contributed by atoms with Crippen LogP contribution in [0.25, 0.3) is 0 Å². The van der Waals surface area contributed by atoms with E-state index in [0.717, 1.165) is 11.1 Å². The van der Waals surface area contributed by atoms with Crippen molar-refractivity contribution in [3.63, 3.8) is 0 Å². The number of hydrogen-bond acceptors (Lipinski definition) is 6. The number of methoxy groups -OCH3 is 1. The Bertz CT molecular complexity index is 1190. The van der Waals surface area contributed by atoms with Crippen LogP contribution >= 0.6 is 11.6 Å². The molecule has 1 atom stereocenters. The second-order valence-corrected chi connectivity index (χ2v) is 8.05. The summed E-state index contributed by atoms with van der Waals surface area (Å²) in [5.74, 6) is -1.06. The summed E-state index contributed by atoms with van der Waals surface area (Å²) in [6, 6.07) is 17.9. The fourth-order valence-corrected chi connectivity index (χ4v) is 3.81. The predicted molar refractivity (Wildman–Crippen MR) is 145 cm³/mol. The van der Waals surface area contributed by atoms with E-state index in [0.29, 0.717) is 22.0 Å². The van der Waals surface area contributed by atoms with E-state index in [2.05, 4.69) is 16.1 Å². The third-order valence-electron chi connectivity index (χ3n) is 5.24. The second kappa shape index (κ2) is 14.6. The van der Waals surface area contributed by atoms with Crippen LogP contribution in [0, 0.1) is 6.92 Å². The number of hydroxylamine groups is 1. The van der Waals surface area contributed by atoms with E-state index < -0.39 is 17.9 Å². The number of amides is 2. The van der Waals surface area contributed by atoms with Gasteiger partial charge >= 0.3 is 5.97 Å². The monoisotopic (exact) mass is 525 g/mol. The van der Waals surface area contributed by atoms with Crippen LogP contribution in [-0.2, 0) is 16.0 Å². The quantitative estimate of drug-likeness (QED) is 0.269. The maximum absolute atomic E-state index is 12.8. The largest absolute Gasteiger partial charge is 0.467 e. The lowest BCUT2D eigenvalue weighted by Gasteiger charge is -2.18. The molecule has 0 radical (unpaired) electrons. The topological polar surface area (TPSA) is 106 Å². The zero-order valence-electron chi connectivity index (χ0n) is 21.6. The first-order chi connectivity index (χ1) is 17.8. The fourth-order valence-electron chi connectivity index (χ4n) is 3.50. The second-order valence-electron chi connectivity index (χ2n) is 7.64. The van der Waals surface area contributed by atoms with Crippen LogP contribution in [0.4, 0.5) is 5.69 Å². The van der Waals surface area contributed by atoms with Crippen molar-refractivity contribution in [1.82, 2.24) is 10.8 Å². The third kappa shape index (κ3) is 8.06. The van der Waals surface area contributed by atoms with Crippen LogP contribution in [0.3, 0.4) is 0 Å². The van der Waals surface area contributed by atoms with Gasteiger partial charge < -0.3 is 20.2 Å². The highest BCUT2D eigenvalue weighted by molar-refractivity contribution is 6.34. The Morgan fingerprint density at radius 2 is 1.59 bits per heavy atom. The predicted octanol–water partition coefficient (Wildman–Crippen LogP) is 4.95. The van der Waals surface area contributed by atoms with E-state index >= 15 is 0 Å². The molecule has 0 bridgehead atoms. The van der Waals surface area contributed by atoms with Crippen molar-refractivity contribution in [3.05, 3.63) is 94.0 Å². The first-order valence-corrected chi connectivity index (χ1v) is 12.2. The first-order valence-electron chi connectivity index (χ1n) is 11.8. The van der Waals surface area contributed by atoms with Gasteiger partial charge in [0.15, 0.2) is 5.75 Å². The Morgan fingerprint density at radius 3 is 2.22 bits per heavy atom. The smallest absolute Gasteiger partial charge is 0.328 e. The van der Waals surface area contributed by atoms with E-state index in [1.54, 1.807) is 67.7 Å². The molecule has 3 aromatic rings. The summed E-state index contributed by atoms with van der Waals surface area (Å²) in [6.45, 7) is 5.81. The first kappa shape index (κ1) is 29.4. The van der Waals surface area contributed by atoms with Gasteiger partial charge in [-0.25, -0.2) is 4.79 Å². The zero-order chi connectivity index (χ0) is 27.4. The molecule has 0 heterocycles. The van der Waals surface area contributed by atoms with Gasteiger partial charge in [-0.2, -0.15) is 5.48 Å². The van der Waals surface area contributed by atoms with E-state index in [1.165, 1.54) is 7.11 Å². The Kier molecular flexibility index (Phi) is 11.6. The summed E-state index contributed by atoms with van der Waals surface area (Å²) in [7, 11) is 2.84. The summed E-state index contributed by atoms with van der Waals surface area (Å²) in [4.78, 5) is 43.1. The lowest BCUT2D eigenvalue weighted by Crippen LogP contribution is -2.43. The summed E-state index contributed by atoms with van der Waals surface area (Å²) >= 11 is 6.18. The summed E-state index contributed by atoms with van der Waals surface area (Å²) in [6.07, 6.45) is 0.186. The molecule has 0 spiro atoms. The molecule has 196 valence electrons. The van der Waals surface area contributed by atoms with Crippen molar-refractivity contribution in [3.8, 4) is 5.75 Å². The molecule has 1 unspecified atom stereocenters. The number of carbonyl (C=O) groups excluding carboxylic acids is 3. The van der Waals surface area contributed by atoms with E-state index in [-0.39, 0.29) is 17.9 Å². The van der Waals surface area contributed by atoms with Gasteiger partial charge in [0.25, 0.3) is 11.8 Å². The number of benzene rings is 3. The molecular formula is C28H32ClN3O5. The average Bonchev–Trinajstić information content (AvgIpc) is 2.90. The highest BCUT2D eigenvalue weighted by Crippen LogP contribution is 2.22. The van der Waals surface area contributed by atoms with Crippen LogP contribution in [0.15, 0.2) is 66.7 Å². The van der Waals surface area contributed by atoms with E-state index in [9.17, 15) is 14.4 Å². The third-order valence-corrected chi connectivity index (χ3v) is 5.55. The number of esters is 1. The number of hydrogen-bond donors (Lipinski definition) is 3. The molecule has 2 amide bonds. The minimum Gasteiger partial charge on any atom is -0.467 e. The highest BCUT2D eigenvalue weighted by Gasteiger charge is 2.24. The molecule has 0 aromatic heterocycles. The van der Waals surface area contributed by atoms with Gasteiger partial charge in [-0.1, -0.05) is 61.8 Å². The van der Waals surface area contributed by atoms with Crippen LogP contribution in [-0.4, -0.2) is 38.0 Å². The van der Waals surface area contributed by atoms with Crippen molar-refractivity contribution < 1.29 is 24.0 Å². The van der Waals surface area contributed by atoms with Gasteiger partial charge in [-0.05, 0) is 48.4 Å². The molecular weight excluding hydrogens is 494 g/mol. The maximum atomic E-state index is 12.8. The van der Waals surface area contributed by atoms with Gasteiger partial charge in [-0.15, -0.1) is 0 Å². The Balaban J connectivity index is 0.00000235. The number of anilines is 1. The Morgan fingerprint density at radius 1 is 0.919 bits per heavy atom. The van der Waals surface area contributed by atoms with Gasteiger partial charge in [0.2, 0.25) is 0 Å². The molecule has 37 heavy (non-hydrogen) atoms. The molecule has 0 aliphatic heterocycles. The molecule has 0 fully saturated rings. The molecule has 0 aliphatic carbocycles. The molecule has 3 rings (SSSR count). The van der Waals surface area contributed by atoms with Crippen LogP contribution < -0.4 is 21.0 Å². The lowest BCUT2D eigenvalue weighted by atomic mass is 10.0. The Labute approximate surface area is 222 Å². The average molecular weight is 526 g/mol. The Hall–Kier alpha value is -3.88. The SMILES string of the molecule is CC.CNOc1ccccc1C(=O)NC(Cc1ccc(NC(=O)c2c(C)cccc2Cl)cc1)C(=O)OC. The summed E-state index contributed by atoms with van der Waals surface area (Å²) < 4.78 is 4.88. The normalized spacial score (nSPS) is 10.9. The molecule has 9 heteroatoms. The summed E-state index contributed by atoms with van der Waals surface area (Å²) in [5, 5.41) is 5.90. The van der Waals surface area contributed by atoms with Crippen molar-refractivity contribution >= 4 is 35.1 Å². The molecule has 0 aliphatic rings. The van der Waals surface area contributed by atoms with Crippen LogP contribution in [0.2, 0.25) is 5.02 Å². The van der Waals surface area contributed by atoms with Crippen molar-refractivity contribution in [1.29, 1.82) is 0 Å². The minimum absolute atomic E-state index is 0.186. The summed E-state index contributed by atoms with van der Waals surface area (Å²) in [5.41, 5.74) is 5.30. The number of rotatable bonds is 9.